The third kappa shape index (κ3) is 5.50. The number of halogens is 2. The van der Waals surface area contributed by atoms with Crippen LogP contribution in [0.25, 0.3) is 0 Å². The van der Waals surface area contributed by atoms with Crippen LogP contribution in [0.5, 0.6) is 17.2 Å². The molecule has 3 heterocycles. The molecule has 5 rings (SSSR count). The van der Waals surface area contributed by atoms with Crippen molar-refractivity contribution in [2.75, 3.05) is 19.5 Å². The van der Waals surface area contributed by atoms with E-state index >= 15 is 0 Å². The summed E-state index contributed by atoms with van der Waals surface area (Å²) in [5.41, 5.74) is 2.13. The average molecular weight is 539 g/mol. The van der Waals surface area contributed by atoms with Crippen LogP contribution in [0, 0.1) is 18.6 Å². The van der Waals surface area contributed by atoms with Crippen molar-refractivity contribution in [3.63, 3.8) is 0 Å². The lowest BCUT2D eigenvalue weighted by molar-refractivity contribution is 0.0920. The SMILES string of the molecule is COc1cc(Nc2ncc(OCc3c(F)c(C)cc(OC)c3F)cn2)ccc1C1CC2CCC(C1)N2C(C)C. The first-order valence-corrected chi connectivity index (χ1v) is 13.5. The van der Waals surface area contributed by atoms with Crippen LogP contribution in [-0.2, 0) is 6.61 Å². The van der Waals surface area contributed by atoms with Crippen LogP contribution in [0.2, 0.25) is 0 Å². The topological polar surface area (TPSA) is 68.7 Å². The zero-order valence-corrected chi connectivity index (χ0v) is 23.1. The Morgan fingerprint density at radius 2 is 1.64 bits per heavy atom. The molecule has 2 aliphatic rings. The second kappa shape index (κ2) is 11.3. The van der Waals surface area contributed by atoms with Crippen LogP contribution < -0.4 is 19.5 Å². The van der Waals surface area contributed by atoms with E-state index in [1.54, 1.807) is 14.0 Å². The summed E-state index contributed by atoms with van der Waals surface area (Å²) in [6, 6.07) is 9.35. The van der Waals surface area contributed by atoms with Crippen molar-refractivity contribution in [2.24, 2.45) is 0 Å². The highest BCUT2D eigenvalue weighted by molar-refractivity contribution is 5.58. The van der Waals surface area contributed by atoms with Gasteiger partial charge >= 0.3 is 0 Å². The molecule has 39 heavy (non-hydrogen) atoms. The van der Waals surface area contributed by atoms with Gasteiger partial charge in [-0.3, -0.25) is 4.90 Å². The van der Waals surface area contributed by atoms with Gasteiger partial charge in [-0.05, 0) is 75.6 Å². The van der Waals surface area contributed by atoms with E-state index in [2.05, 4.69) is 40.1 Å². The van der Waals surface area contributed by atoms with Crippen LogP contribution in [0.4, 0.5) is 20.4 Å². The molecule has 2 fully saturated rings. The number of piperidine rings is 1. The number of hydrogen-bond acceptors (Lipinski definition) is 7. The maximum Gasteiger partial charge on any atom is 0.227 e. The lowest BCUT2D eigenvalue weighted by atomic mass is 9.84. The van der Waals surface area contributed by atoms with E-state index in [9.17, 15) is 8.78 Å². The number of ether oxygens (including phenoxy) is 3. The molecule has 2 aliphatic heterocycles. The van der Waals surface area contributed by atoms with Crippen LogP contribution in [0.1, 0.15) is 62.1 Å². The standard InChI is InChI=1S/C30H36F2N4O3/c1-17(2)36-21-7-8-22(36)12-19(11-21)24-9-6-20(13-26(24)37-4)35-30-33-14-23(15-34-30)39-16-25-28(31)18(3)10-27(38-5)29(25)32/h6,9-10,13-15,17,19,21-22H,7-8,11-12,16H2,1-5H3,(H,33,34,35). The van der Waals surface area contributed by atoms with Crippen molar-refractivity contribution in [1.29, 1.82) is 0 Å². The Hall–Kier alpha value is -3.46. The van der Waals surface area contributed by atoms with Crippen molar-refractivity contribution >= 4 is 11.6 Å². The number of anilines is 2. The molecule has 2 atom stereocenters. The first-order valence-electron chi connectivity index (χ1n) is 13.5. The lowest BCUT2D eigenvalue weighted by Gasteiger charge is -2.42. The van der Waals surface area contributed by atoms with Gasteiger partial charge in [0.2, 0.25) is 5.95 Å². The fourth-order valence-electron chi connectivity index (χ4n) is 6.26. The summed E-state index contributed by atoms with van der Waals surface area (Å²) in [6.07, 6.45) is 7.80. The summed E-state index contributed by atoms with van der Waals surface area (Å²) >= 11 is 0. The van der Waals surface area contributed by atoms with Crippen LogP contribution >= 0.6 is 0 Å². The Bertz CT molecular complexity index is 1300. The van der Waals surface area contributed by atoms with Gasteiger partial charge in [0.15, 0.2) is 17.3 Å². The van der Waals surface area contributed by atoms with Gasteiger partial charge < -0.3 is 19.5 Å². The number of hydrogen-bond donors (Lipinski definition) is 1. The van der Waals surface area contributed by atoms with E-state index in [1.807, 2.05) is 12.1 Å². The molecular weight excluding hydrogens is 502 g/mol. The van der Waals surface area contributed by atoms with Crippen molar-refractivity contribution in [1.82, 2.24) is 14.9 Å². The van der Waals surface area contributed by atoms with Crippen molar-refractivity contribution in [3.05, 3.63) is 65.0 Å². The smallest absolute Gasteiger partial charge is 0.227 e. The number of nitrogens with one attached hydrogen (secondary N) is 1. The van der Waals surface area contributed by atoms with E-state index in [0.29, 0.717) is 30.0 Å². The van der Waals surface area contributed by atoms with Crippen LogP contribution in [0.15, 0.2) is 36.7 Å². The van der Waals surface area contributed by atoms with Gasteiger partial charge in [-0.25, -0.2) is 18.7 Å². The van der Waals surface area contributed by atoms with E-state index in [0.717, 1.165) is 24.3 Å². The van der Waals surface area contributed by atoms with Gasteiger partial charge in [0.1, 0.15) is 18.2 Å². The summed E-state index contributed by atoms with van der Waals surface area (Å²) in [5, 5.41) is 3.20. The summed E-state index contributed by atoms with van der Waals surface area (Å²) in [4.78, 5) is 11.3. The Morgan fingerprint density at radius 3 is 2.26 bits per heavy atom. The van der Waals surface area contributed by atoms with Gasteiger partial charge in [0, 0.05) is 29.9 Å². The van der Waals surface area contributed by atoms with Gasteiger partial charge in [0.25, 0.3) is 0 Å². The molecule has 2 aromatic carbocycles. The number of aryl methyl sites for hydroxylation is 1. The minimum atomic E-state index is -0.782. The number of nitrogens with zero attached hydrogens (tertiary/aromatic N) is 3. The minimum Gasteiger partial charge on any atom is -0.496 e. The van der Waals surface area contributed by atoms with Crippen molar-refractivity contribution in [3.8, 4) is 17.2 Å². The molecule has 2 saturated heterocycles. The number of aromatic nitrogens is 2. The Kier molecular flexibility index (Phi) is 7.88. The molecule has 1 N–H and O–H groups in total. The van der Waals surface area contributed by atoms with E-state index < -0.39 is 11.6 Å². The quantitative estimate of drug-likeness (QED) is 0.333. The Labute approximate surface area is 228 Å². The number of fused-ring (bicyclic) bond motifs is 2. The number of methoxy groups -OCH3 is 2. The molecule has 3 aromatic rings. The highest BCUT2D eigenvalue weighted by atomic mass is 19.1. The highest BCUT2D eigenvalue weighted by Crippen LogP contribution is 2.46. The molecule has 1 aromatic heterocycles. The molecule has 0 radical (unpaired) electrons. The molecule has 7 nitrogen and oxygen atoms in total. The predicted molar refractivity (Wildman–Crippen MR) is 146 cm³/mol. The molecule has 2 bridgehead atoms. The summed E-state index contributed by atoms with van der Waals surface area (Å²) < 4.78 is 45.3. The summed E-state index contributed by atoms with van der Waals surface area (Å²) in [7, 11) is 3.04. The Morgan fingerprint density at radius 1 is 0.974 bits per heavy atom. The van der Waals surface area contributed by atoms with Gasteiger partial charge in [-0.2, -0.15) is 0 Å². The number of rotatable bonds is 9. The molecule has 0 aliphatic carbocycles. The van der Waals surface area contributed by atoms with E-state index in [-0.39, 0.29) is 29.2 Å². The largest absolute Gasteiger partial charge is 0.496 e. The predicted octanol–water partition coefficient (Wildman–Crippen LogP) is 6.52. The molecule has 0 spiro atoms. The van der Waals surface area contributed by atoms with E-state index in [4.69, 9.17) is 14.2 Å². The van der Waals surface area contributed by atoms with Gasteiger partial charge in [0.05, 0.1) is 32.2 Å². The first kappa shape index (κ1) is 27.1. The lowest BCUT2D eigenvalue weighted by Crippen LogP contribution is -2.46. The zero-order chi connectivity index (χ0) is 27.7. The van der Waals surface area contributed by atoms with Crippen molar-refractivity contribution in [2.45, 2.75) is 77.1 Å². The van der Waals surface area contributed by atoms with Crippen LogP contribution in [-0.4, -0.2) is 47.2 Å². The summed E-state index contributed by atoms with van der Waals surface area (Å²) in [6.45, 7) is 5.83. The Balaban J connectivity index is 1.24. The first-order chi connectivity index (χ1) is 18.8. The summed E-state index contributed by atoms with van der Waals surface area (Å²) in [5.74, 6) is 0.527. The molecule has 0 saturated carbocycles. The van der Waals surface area contributed by atoms with Crippen LogP contribution in [0.3, 0.4) is 0 Å². The monoisotopic (exact) mass is 538 g/mol. The zero-order valence-electron chi connectivity index (χ0n) is 23.1. The van der Waals surface area contributed by atoms with Gasteiger partial charge in [-0.15, -0.1) is 0 Å². The minimum absolute atomic E-state index is 0.0295. The van der Waals surface area contributed by atoms with E-state index in [1.165, 1.54) is 44.0 Å². The fourth-order valence-corrected chi connectivity index (χ4v) is 6.26. The second-order valence-corrected chi connectivity index (χ2v) is 10.7. The third-order valence-electron chi connectivity index (χ3n) is 7.99. The molecular formula is C30H36F2N4O3. The van der Waals surface area contributed by atoms with Gasteiger partial charge in [-0.1, -0.05) is 6.07 Å². The second-order valence-electron chi connectivity index (χ2n) is 10.7. The maximum atomic E-state index is 14.5. The molecule has 208 valence electrons. The number of benzene rings is 2. The third-order valence-corrected chi connectivity index (χ3v) is 7.99. The normalized spacial score (nSPS) is 20.8. The highest BCUT2D eigenvalue weighted by Gasteiger charge is 2.42. The maximum absolute atomic E-state index is 14.5. The average Bonchev–Trinajstić information content (AvgIpc) is 3.21. The molecule has 9 heteroatoms. The molecule has 2 unspecified atom stereocenters. The molecule has 0 amide bonds. The van der Waals surface area contributed by atoms with Crippen molar-refractivity contribution < 1.29 is 23.0 Å². The fraction of sp³-hybridized carbons (Fsp3) is 0.467.